The van der Waals surface area contributed by atoms with Crippen molar-refractivity contribution in [2.45, 2.75) is 79.7 Å². The maximum atomic E-state index is 6.33. The minimum absolute atomic E-state index is 0.198. The summed E-state index contributed by atoms with van der Waals surface area (Å²) in [4.78, 5) is 2.70. The van der Waals surface area contributed by atoms with Crippen LogP contribution >= 0.6 is 0 Å². The van der Waals surface area contributed by atoms with Gasteiger partial charge in [0.05, 0.1) is 0 Å². The average molecular weight is 283 g/mol. The van der Waals surface area contributed by atoms with E-state index in [9.17, 15) is 0 Å². The van der Waals surface area contributed by atoms with E-state index in [1.165, 1.54) is 32.2 Å². The first-order valence-corrected chi connectivity index (χ1v) is 8.55. The molecule has 1 unspecified atom stereocenters. The van der Waals surface area contributed by atoms with Crippen molar-refractivity contribution >= 4 is 0 Å². The number of rotatable bonds is 6. The number of hydrogen-bond donors (Lipinski definition) is 1. The molecular weight excluding hydrogens is 244 g/mol. The van der Waals surface area contributed by atoms with Gasteiger partial charge in [0.15, 0.2) is 0 Å². The molecule has 0 heterocycles. The summed E-state index contributed by atoms with van der Waals surface area (Å²) in [5.41, 5.74) is 7.32. The number of hydrogen-bond acceptors (Lipinski definition) is 2. The predicted molar refractivity (Wildman–Crippen MR) is 89.9 cm³/mol. The van der Waals surface area contributed by atoms with Gasteiger partial charge in [0.2, 0.25) is 0 Å². The molecule has 2 nitrogen and oxygen atoms in total. The van der Waals surface area contributed by atoms with Gasteiger partial charge in [-0.2, -0.15) is 0 Å². The fourth-order valence-electron chi connectivity index (χ4n) is 4.93. The molecule has 0 saturated heterocycles. The average Bonchev–Trinajstić information content (AvgIpc) is 2.31. The largest absolute Gasteiger partial charge is 0.329 e. The van der Waals surface area contributed by atoms with E-state index in [0.717, 1.165) is 19.0 Å². The SMILES string of the molecule is CCC(C)CN(CC)C1(CN)CC(C)(C)CC(C)(C)C1. The molecule has 0 radical (unpaired) electrons. The van der Waals surface area contributed by atoms with Crippen LogP contribution in [0.4, 0.5) is 0 Å². The van der Waals surface area contributed by atoms with E-state index in [0.29, 0.717) is 10.8 Å². The van der Waals surface area contributed by atoms with Crippen molar-refractivity contribution in [3.63, 3.8) is 0 Å². The molecule has 1 atom stereocenters. The van der Waals surface area contributed by atoms with Gasteiger partial charge in [-0.05, 0) is 42.6 Å². The first kappa shape index (κ1) is 18.0. The lowest BCUT2D eigenvalue weighted by Crippen LogP contribution is -2.61. The van der Waals surface area contributed by atoms with Crippen molar-refractivity contribution < 1.29 is 0 Å². The molecule has 1 fully saturated rings. The Labute approximate surface area is 127 Å². The second-order valence-electron chi connectivity index (χ2n) is 8.84. The van der Waals surface area contributed by atoms with Crippen LogP contribution in [0.5, 0.6) is 0 Å². The second-order valence-corrected chi connectivity index (χ2v) is 8.84. The molecule has 0 aromatic carbocycles. The van der Waals surface area contributed by atoms with Gasteiger partial charge >= 0.3 is 0 Å². The summed E-state index contributed by atoms with van der Waals surface area (Å²) in [5, 5.41) is 0. The smallest absolute Gasteiger partial charge is 0.0341 e. The van der Waals surface area contributed by atoms with Crippen LogP contribution in [-0.4, -0.2) is 30.1 Å². The Morgan fingerprint density at radius 2 is 1.50 bits per heavy atom. The fraction of sp³-hybridized carbons (Fsp3) is 1.00. The van der Waals surface area contributed by atoms with Gasteiger partial charge in [-0.15, -0.1) is 0 Å². The maximum absolute atomic E-state index is 6.33. The van der Waals surface area contributed by atoms with Crippen molar-refractivity contribution in [2.75, 3.05) is 19.6 Å². The highest BCUT2D eigenvalue weighted by Crippen LogP contribution is 2.51. The predicted octanol–water partition coefficient (Wildman–Crippen LogP) is 4.29. The third-order valence-corrected chi connectivity index (χ3v) is 5.23. The van der Waals surface area contributed by atoms with E-state index in [2.05, 4.69) is 53.4 Å². The number of nitrogens with two attached hydrogens (primary N) is 1. The van der Waals surface area contributed by atoms with E-state index in [1.807, 2.05) is 0 Å². The molecule has 0 bridgehead atoms. The molecular formula is C18H38N2. The minimum Gasteiger partial charge on any atom is -0.329 e. The quantitative estimate of drug-likeness (QED) is 0.787. The zero-order chi connectivity index (χ0) is 15.6. The Morgan fingerprint density at radius 1 is 1.00 bits per heavy atom. The second kappa shape index (κ2) is 6.36. The normalized spacial score (nSPS) is 25.6. The molecule has 0 spiro atoms. The van der Waals surface area contributed by atoms with Gasteiger partial charge in [0.25, 0.3) is 0 Å². The summed E-state index contributed by atoms with van der Waals surface area (Å²) in [6, 6.07) is 0. The molecule has 2 heteroatoms. The van der Waals surface area contributed by atoms with E-state index in [1.54, 1.807) is 0 Å². The summed E-state index contributed by atoms with van der Waals surface area (Å²) < 4.78 is 0. The number of likely N-dealkylation sites (N-methyl/N-ethyl adjacent to an activating group) is 1. The molecule has 1 aliphatic rings. The molecule has 0 aliphatic heterocycles. The van der Waals surface area contributed by atoms with Crippen molar-refractivity contribution in [1.82, 2.24) is 4.90 Å². The van der Waals surface area contributed by atoms with Crippen LogP contribution in [0.1, 0.15) is 74.1 Å². The van der Waals surface area contributed by atoms with E-state index in [4.69, 9.17) is 5.73 Å². The molecule has 2 N–H and O–H groups in total. The molecule has 0 amide bonds. The van der Waals surface area contributed by atoms with Crippen LogP contribution < -0.4 is 5.73 Å². The van der Waals surface area contributed by atoms with Gasteiger partial charge in [-0.3, -0.25) is 4.90 Å². The molecule has 0 aromatic rings. The third-order valence-electron chi connectivity index (χ3n) is 5.23. The molecule has 120 valence electrons. The molecule has 1 saturated carbocycles. The minimum atomic E-state index is 0.198. The molecule has 20 heavy (non-hydrogen) atoms. The Morgan fingerprint density at radius 3 is 1.85 bits per heavy atom. The Bertz CT molecular complexity index is 291. The zero-order valence-electron chi connectivity index (χ0n) is 15.1. The third kappa shape index (κ3) is 4.21. The van der Waals surface area contributed by atoms with Crippen LogP contribution in [0, 0.1) is 16.7 Å². The summed E-state index contributed by atoms with van der Waals surface area (Å²) in [7, 11) is 0. The van der Waals surface area contributed by atoms with Crippen LogP contribution in [-0.2, 0) is 0 Å². The molecule has 1 rings (SSSR count). The summed E-state index contributed by atoms with van der Waals surface area (Å²) in [6.07, 6.45) is 5.04. The van der Waals surface area contributed by atoms with Crippen molar-refractivity contribution in [2.24, 2.45) is 22.5 Å². The lowest BCUT2D eigenvalue weighted by Gasteiger charge is -2.56. The standard InChI is InChI=1S/C18H38N2/c1-8-15(3)10-20(9-2)18(14-19)12-16(4,5)11-17(6,7)13-18/h15H,8-14,19H2,1-7H3. The Balaban J connectivity index is 3.04. The topological polar surface area (TPSA) is 29.3 Å². The van der Waals surface area contributed by atoms with Crippen molar-refractivity contribution in [3.05, 3.63) is 0 Å². The monoisotopic (exact) mass is 282 g/mol. The number of nitrogens with zero attached hydrogens (tertiary/aromatic N) is 1. The first-order chi connectivity index (χ1) is 9.10. The van der Waals surface area contributed by atoms with E-state index < -0.39 is 0 Å². The summed E-state index contributed by atoms with van der Waals surface area (Å²) in [5.74, 6) is 0.756. The first-order valence-electron chi connectivity index (χ1n) is 8.55. The van der Waals surface area contributed by atoms with Crippen LogP contribution in [0.2, 0.25) is 0 Å². The highest BCUT2D eigenvalue weighted by Gasteiger charge is 2.49. The fourth-order valence-corrected chi connectivity index (χ4v) is 4.93. The van der Waals surface area contributed by atoms with Gasteiger partial charge in [0, 0.05) is 18.6 Å². The van der Waals surface area contributed by atoms with Crippen LogP contribution in [0.25, 0.3) is 0 Å². The lowest BCUT2D eigenvalue weighted by molar-refractivity contribution is -0.0468. The van der Waals surface area contributed by atoms with Gasteiger partial charge in [0.1, 0.15) is 0 Å². The van der Waals surface area contributed by atoms with Crippen molar-refractivity contribution in [3.8, 4) is 0 Å². The Kier molecular flexibility index (Phi) is 5.71. The van der Waals surface area contributed by atoms with Crippen molar-refractivity contribution in [1.29, 1.82) is 0 Å². The highest BCUT2D eigenvalue weighted by atomic mass is 15.2. The van der Waals surface area contributed by atoms with Gasteiger partial charge in [-0.1, -0.05) is 54.9 Å². The van der Waals surface area contributed by atoms with Gasteiger partial charge < -0.3 is 5.73 Å². The van der Waals surface area contributed by atoms with Crippen LogP contribution in [0.3, 0.4) is 0 Å². The van der Waals surface area contributed by atoms with E-state index >= 15 is 0 Å². The summed E-state index contributed by atoms with van der Waals surface area (Å²) in [6.45, 7) is 19.8. The zero-order valence-corrected chi connectivity index (χ0v) is 15.1. The highest BCUT2D eigenvalue weighted by molar-refractivity contribution is 5.04. The van der Waals surface area contributed by atoms with Crippen LogP contribution in [0.15, 0.2) is 0 Å². The Hall–Kier alpha value is -0.0800. The molecule has 1 aliphatic carbocycles. The maximum Gasteiger partial charge on any atom is 0.0341 e. The van der Waals surface area contributed by atoms with Gasteiger partial charge in [-0.25, -0.2) is 0 Å². The lowest BCUT2D eigenvalue weighted by atomic mass is 9.57. The summed E-state index contributed by atoms with van der Waals surface area (Å²) >= 11 is 0. The van der Waals surface area contributed by atoms with E-state index in [-0.39, 0.29) is 5.54 Å². The molecule has 0 aromatic heterocycles.